The molecule has 26 heavy (non-hydrogen) atoms. The van der Waals surface area contributed by atoms with Gasteiger partial charge in [0.1, 0.15) is 18.1 Å². The number of hydrogen-bond donors (Lipinski definition) is 2. The normalized spacial score (nSPS) is 10.8. The monoisotopic (exact) mass is 413 g/mol. The second-order valence-electron chi connectivity index (χ2n) is 5.43. The fourth-order valence-electron chi connectivity index (χ4n) is 2.10. The highest BCUT2D eigenvalue weighted by Crippen LogP contribution is 2.16. The fourth-order valence-corrected chi connectivity index (χ4v) is 2.36. The second kappa shape index (κ2) is 8.39. The Morgan fingerprint density at radius 3 is 2.88 bits per heavy atom. The molecule has 132 valence electrons. The number of aromatic amines is 1. The van der Waals surface area contributed by atoms with Crippen LogP contribution in [-0.2, 0) is 6.61 Å². The smallest absolute Gasteiger partial charge is 0.363 e. The van der Waals surface area contributed by atoms with Gasteiger partial charge in [0.15, 0.2) is 5.82 Å². The molecule has 2 N–H and O–H groups in total. The van der Waals surface area contributed by atoms with Crippen LogP contribution in [0, 0.1) is 6.92 Å². The number of H-pyrrole nitrogens is 1. The zero-order chi connectivity index (χ0) is 18.4. The van der Waals surface area contributed by atoms with Crippen LogP contribution >= 0.6 is 15.9 Å². The highest BCUT2D eigenvalue weighted by atomic mass is 79.9. The van der Waals surface area contributed by atoms with Crippen molar-refractivity contribution in [3.63, 3.8) is 0 Å². The molecule has 0 saturated carbocycles. The topological polar surface area (TPSA) is 92.3 Å². The van der Waals surface area contributed by atoms with Crippen LogP contribution in [0.2, 0.25) is 0 Å². The number of hydrazone groups is 1. The molecule has 8 heteroatoms. The minimum atomic E-state index is -0.531. The maximum Gasteiger partial charge on any atom is 0.363 e. The summed E-state index contributed by atoms with van der Waals surface area (Å²) in [5.74, 6) is 1.05. The van der Waals surface area contributed by atoms with E-state index in [1.54, 1.807) is 13.1 Å². The molecule has 0 unspecified atom stereocenters. The van der Waals surface area contributed by atoms with Crippen LogP contribution in [0.15, 0.2) is 62.9 Å². The number of aryl methyl sites for hydroxylation is 1. The van der Waals surface area contributed by atoms with Crippen LogP contribution in [0.1, 0.15) is 16.8 Å². The SMILES string of the molecule is Cc1n[nH]c(=O)nc1NN=Cc1cccc(OCc2ccc(Br)cc2)c1. The molecule has 7 nitrogen and oxygen atoms in total. The van der Waals surface area contributed by atoms with Gasteiger partial charge in [0, 0.05) is 4.47 Å². The van der Waals surface area contributed by atoms with Crippen molar-refractivity contribution in [2.45, 2.75) is 13.5 Å². The van der Waals surface area contributed by atoms with Gasteiger partial charge in [-0.25, -0.2) is 9.89 Å². The Labute approximate surface area is 158 Å². The first-order valence-electron chi connectivity index (χ1n) is 7.80. The lowest BCUT2D eigenvalue weighted by Crippen LogP contribution is -2.15. The van der Waals surface area contributed by atoms with Crippen molar-refractivity contribution in [2.75, 3.05) is 5.43 Å². The number of halogens is 1. The minimum absolute atomic E-state index is 0.313. The number of benzene rings is 2. The zero-order valence-electron chi connectivity index (χ0n) is 13.9. The molecule has 0 radical (unpaired) electrons. The first-order chi connectivity index (χ1) is 12.6. The number of aromatic nitrogens is 3. The van der Waals surface area contributed by atoms with Gasteiger partial charge in [0.25, 0.3) is 0 Å². The lowest BCUT2D eigenvalue weighted by Gasteiger charge is -2.07. The summed E-state index contributed by atoms with van der Waals surface area (Å²) >= 11 is 3.41. The summed E-state index contributed by atoms with van der Waals surface area (Å²) in [6, 6.07) is 15.5. The largest absolute Gasteiger partial charge is 0.489 e. The summed E-state index contributed by atoms with van der Waals surface area (Å²) in [7, 11) is 0. The van der Waals surface area contributed by atoms with Gasteiger partial charge in [0.05, 0.1) is 6.21 Å². The Hall–Kier alpha value is -3.00. The average molecular weight is 414 g/mol. The first-order valence-corrected chi connectivity index (χ1v) is 8.59. The van der Waals surface area contributed by atoms with Crippen LogP contribution < -0.4 is 15.9 Å². The molecular weight excluding hydrogens is 398 g/mol. The van der Waals surface area contributed by atoms with Gasteiger partial charge in [-0.15, -0.1) is 0 Å². The summed E-state index contributed by atoms with van der Waals surface area (Å²) in [5, 5.41) is 10.2. The number of nitrogens with zero attached hydrogens (tertiary/aromatic N) is 3. The number of rotatable bonds is 6. The minimum Gasteiger partial charge on any atom is -0.489 e. The van der Waals surface area contributed by atoms with E-state index in [-0.39, 0.29) is 0 Å². The fraction of sp³-hybridized carbons (Fsp3) is 0.111. The third-order valence-corrected chi connectivity index (χ3v) is 3.96. The van der Waals surface area contributed by atoms with Crippen molar-refractivity contribution >= 4 is 28.0 Å². The van der Waals surface area contributed by atoms with Crippen LogP contribution in [0.3, 0.4) is 0 Å². The number of nitrogens with one attached hydrogen (secondary N) is 2. The Kier molecular flexibility index (Phi) is 5.75. The zero-order valence-corrected chi connectivity index (χ0v) is 15.5. The third kappa shape index (κ3) is 5.00. The molecule has 0 spiro atoms. The molecule has 1 aromatic heterocycles. The molecule has 3 rings (SSSR count). The van der Waals surface area contributed by atoms with E-state index in [4.69, 9.17) is 4.74 Å². The molecule has 2 aromatic carbocycles. The van der Waals surface area contributed by atoms with Gasteiger partial charge in [-0.2, -0.15) is 15.2 Å². The molecule has 0 atom stereocenters. The molecule has 0 aliphatic carbocycles. The molecule has 1 heterocycles. The van der Waals surface area contributed by atoms with E-state index >= 15 is 0 Å². The number of ether oxygens (including phenoxy) is 1. The van der Waals surface area contributed by atoms with Gasteiger partial charge in [-0.3, -0.25) is 5.43 Å². The summed E-state index contributed by atoms with van der Waals surface area (Å²) < 4.78 is 6.84. The van der Waals surface area contributed by atoms with Gasteiger partial charge < -0.3 is 4.74 Å². The van der Waals surface area contributed by atoms with Crippen molar-refractivity contribution in [3.05, 3.63) is 80.3 Å². The van der Waals surface area contributed by atoms with Crippen LogP contribution in [-0.4, -0.2) is 21.4 Å². The summed E-state index contributed by atoms with van der Waals surface area (Å²) in [6.07, 6.45) is 1.62. The van der Waals surface area contributed by atoms with E-state index in [0.29, 0.717) is 18.1 Å². The van der Waals surface area contributed by atoms with Gasteiger partial charge in [-0.1, -0.05) is 40.2 Å². The maximum atomic E-state index is 11.2. The molecule has 0 fully saturated rings. The van der Waals surface area contributed by atoms with Crippen LogP contribution in [0.4, 0.5) is 5.82 Å². The molecular formula is C18H16BrN5O2. The predicted octanol–water partition coefficient (Wildman–Crippen LogP) is 3.26. The molecule has 0 bridgehead atoms. The van der Waals surface area contributed by atoms with E-state index in [0.717, 1.165) is 21.3 Å². The molecule has 0 amide bonds. The second-order valence-corrected chi connectivity index (χ2v) is 6.35. The molecule has 0 saturated heterocycles. The highest BCUT2D eigenvalue weighted by molar-refractivity contribution is 9.10. The summed E-state index contributed by atoms with van der Waals surface area (Å²) in [4.78, 5) is 15.0. The Balaban J connectivity index is 1.62. The maximum absolute atomic E-state index is 11.2. The Morgan fingerprint density at radius 2 is 2.08 bits per heavy atom. The molecule has 3 aromatic rings. The van der Waals surface area contributed by atoms with E-state index in [9.17, 15) is 4.79 Å². The van der Waals surface area contributed by atoms with E-state index in [2.05, 4.69) is 41.6 Å². The van der Waals surface area contributed by atoms with Crippen molar-refractivity contribution in [2.24, 2.45) is 5.10 Å². The predicted molar refractivity (Wildman–Crippen MR) is 104 cm³/mol. The first kappa shape index (κ1) is 17.8. The highest BCUT2D eigenvalue weighted by Gasteiger charge is 2.01. The number of hydrogen-bond acceptors (Lipinski definition) is 6. The lowest BCUT2D eigenvalue weighted by atomic mass is 10.2. The Morgan fingerprint density at radius 1 is 1.27 bits per heavy atom. The van der Waals surface area contributed by atoms with Crippen molar-refractivity contribution in [1.29, 1.82) is 0 Å². The quantitative estimate of drug-likeness (QED) is 0.477. The average Bonchev–Trinajstić information content (AvgIpc) is 2.64. The molecule has 0 aliphatic heterocycles. The molecule has 0 aliphatic rings. The van der Waals surface area contributed by atoms with Gasteiger partial charge in [0.2, 0.25) is 0 Å². The van der Waals surface area contributed by atoms with Crippen molar-refractivity contribution in [1.82, 2.24) is 15.2 Å². The van der Waals surface area contributed by atoms with Gasteiger partial charge in [-0.05, 0) is 42.3 Å². The van der Waals surface area contributed by atoms with Crippen molar-refractivity contribution in [3.8, 4) is 5.75 Å². The lowest BCUT2D eigenvalue weighted by molar-refractivity contribution is 0.306. The Bertz CT molecular complexity index is 970. The summed E-state index contributed by atoms with van der Waals surface area (Å²) in [6.45, 7) is 2.20. The standard InChI is InChI=1S/C18H16BrN5O2/c1-12-17(21-18(25)24-22-12)23-20-10-14-3-2-4-16(9-14)26-11-13-5-7-15(19)8-6-13/h2-10H,11H2,1H3,(H2,21,23,24,25). The van der Waals surface area contributed by atoms with E-state index in [1.807, 2.05) is 48.5 Å². The third-order valence-electron chi connectivity index (χ3n) is 3.44. The van der Waals surface area contributed by atoms with Crippen molar-refractivity contribution < 1.29 is 4.74 Å². The van der Waals surface area contributed by atoms with Crippen LogP contribution in [0.25, 0.3) is 0 Å². The van der Waals surface area contributed by atoms with E-state index in [1.165, 1.54) is 0 Å². The van der Waals surface area contributed by atoms with Crippen LogP contribution in [0.5, 0.6) is 5.75 Å². The van der Waals surface area contributed by atoms with Gasteiger partial charge >= 0.3 is 5.69 Å². The summed E-state index contributed by atoms with van der Waals surface area (Å²) in [5.41, 5.74) is 4.66. The van der Waals surface area contributed by atoms with E-state index < -0.39 is 5.69 Å². The number of anilines is 1.